The van der Waals surface area contributed by atoms with E-state index in [1.165, 1.54) is 0 Å². The summed E-state index contributed by atoms with van der Waals surface area (Å²) in [6.45, 7) is 8.25. The third kappa shape index (κ3) is 5.35. The molecule has 25 heavy (non-hydrogen) atoms. The van der Waals surface area contributed by atoms with Crippen molar-refractivity contribution in [1.82, 2.24) is 4.90 Å². The average Bonchev–Trinajstić information content (AvgIpc) is 3.05. The van der Waals surface area contributed by atoms with Crippen molar-refractivity contribution < 1.29 is 9.21 Å². The van der Waals surface area contributed by atoms with Crippen LogP contribution in [0.25, 0.3) is 11.0 Å². The normalized spacial score (nSPS) is 12.4. The van der Waals surface area contributed by atoms with E-state index in [2.05, 4.69) is 37.8 Å². The van der Waals surface area contributed by atoms with Crippen LogP contribution in [0.3, 0.4) is 0 Å². The predicted octanol–water partition coefficient (Wildman–Crippen LogP) is 6.14. The molecule has 0 aliphatic carbocycles. The van der Waals surface area contributed by atoms with Gasteiger partial charge in [0.05, 0.1) is 5.92 Å². The highest BCUT2D eigenvalue weighted by Gasteiger charge is 2.28. The highest BCUT2D eigenvalue weighted by atomic mass is 16.3. The summed E-state index contributed by atoms with van der Waals surface area (Å²) in [5.41, 5.74) is 0.875. The minimum Gasteiger partial charge on any atom is -0.460 e. The summed E-state index contributed by atoms with van der Waals surface area (Å²) in [5, 5.41) is 1.08. The quantitative estimate of drug-likeness (QED) is 0.491. The Bertz CT molecular complexity index is 605. The molecule has 0 bridgehead atoms. The minimum absolute atomic E-state index is 0.152. The maximum absolute atomic E-state index is 13.3. The molecule has 0 spiro atoms. The van der Waals surface area contributed by atoms with E-state index >= 15 is 0 Å². The van der Waals surface area contributed by atoms with Gasteiger partial charge in [0, 0.05) is 18.5 Å². The maximum atomic E-state index is 13.3. The average molecular weight is 344 g/mol. The van der Waals surface area contributed by atoms with E-state index in [9.17, 15) is 4.79 Å². The molecule has 0 fully saturated rings. The molecule has 1 heterocycles. The Labute approximate surface area is 152 Å². The highest BCUT2D eigenvalue weighted by Crippen LogP contribution is 2.30. The van der Waals surface area contributed by atoms with Crippen molar-refractivity contribution in [1.29, 1.82) is 0 Å². The molecule has 1 amide bonds. The van der Waals surface area contributed by atoms with Crippen molar-refractivity contribution in [2.24, 2.45) is 0 Å². The second-order valence-corrected chi connectivity index (χ2v) is 6.91. The van der Waals surface area contributed by atoms with Crippen molar-refractivity contribution in [2.75, 3.05) is 13.1 Å². The summed E-state index contributed by atoms with van der Waals surface area (Å²) in [6.07, 6.45) is 7.35. The van der Waals surface area contributed by atoms with Crippen molar-refractivity contribution >= 4 is 16.9 Å². The fraction of sp³-hybridized carbons (Fsp3) is 0.591. The number of para-hydroxylation sites is 1. The first-order chi connectivity index (χ1) is 12.2. The molecule has 1 aromatic heterocycles. The van der Waals surface area contributed by atoms with E-state index in [-0.39, 0.29) is 11.8 Å². The molecule has 1 atom stereocenters. The van der Waals surface area contributed by atoms with Crippen molar-refractivity contribution in [3.05, 3.63) is 36.1 Å². The van der Waals surface area contributed by atoms with Gasteiger partial charge >= 0.3 is 0 Å². The van der Waals surface area contributed by atoms with Crippen LogP contribution in [-0.4, -0.2) is 23.9 Å². The first-order valence-electron chi connectivity index (χ1n) is 9.98. The van der Waals surface area contributed by atoms with Gasteiger partial charge in [-0.25, -0.2) is 0 Å². The van der Waals surface area contributed by atoms with Crippen LogP contribution in [0.2, 0.25) is 0 Å². The lowest BCUT2D eigenvalue weighted by atomic mass is 9.97. The van der Waals surface area contributed by atoms with Crippen molar-refractivity contribution in [3.8, 4) is 0 Å². The molecular formula is C22H33NO2. The molecule has 1 unspecified atom stereocenters. The molecule has 0 saturated heterocycles. The van der Waals surface area contributed by atoms with E-state index < -0.39 is 0 Å². The number of carbonyl (C=O) groups excluding carboxylic acids is 1. The lowest BCUT2D eigenvalue weighted by Crippen LogP contribution is -2.36. The molecule has 0 saturated carbocycles. The summed E-state index contributed by atoms with van der Waals surface area (Å²) >= 11 is 0. The molecule has 0 radical (unpaired) electrons. The number of hydrogen-bond acceptors (Lipinski definition) is 2. The Balaban J connectivity index is 2.24. The summed E-state index contributed by atoms with van der Waals surface area (Å²) in [5.74, 6) is 0.924. The number of rotatable bonds is 11. The largest absolute Gasteiger partial charge is 0.460 e. The van der Waals surface area contributed by atoms with Crippen LogP contribution in [0.4, 0.5) is 0 Å². The van der Waals surface area contributed by atoms with Gasteiger partial charge in [-0.05, 0) is 31.4 Å². The SMILES string of the molecule is CCCCC(C(=O)N(CCCC)CCCC)c1cc2ccccc2o1. The summed E-state index contributed by atoms with van der Waals surface area (Å²) in [4.78, 5) is 15.4. The van der Waals surface area contributed by atoms with Gasteiger partial charge in [0.25, 0.3) is 0 Å². The first-order valence-corrected chi connectivity index (χ1v) is 9.98. The Hall–Kier alpha value is -1.77. The van der Waals surface area contributed by atoms with Gasteiger partial charge in [-0.3, -0.25) is 4.79 Å². The van der Waals surface area contributed by atoms with E-state index in [0.717, 1.165) is 74.8 Å². The van der Waals surface area contributed by atoms with Crippen LogP contribution in [0.15, 0.2) is 34.7 Å². The third-order valence-electron chi connectivity index (χ3n) is 4.81. The second-order valence-electron chi connectivity index (χ2n) is 6.91. The third-order valence-corrected chi connectivity index (χ3v) is 4.81. The van der Waals surface area contributed by atoms with Crippen LogP contribution in [-0.2, 0) is 4.79 Å². The van der Waals surface area contributed by atoms with Gasteiger partial charge in [-0.15, -0.1) is 0 Å². The molecule has 2 aromatic rings. The number of nitrogens with zero attached hydrogens (tertiary/aromatic N) is 1. The van der Waals surface area contributed by atoms with Gasteiger partial charge < -0.3 is 9.32 Å². The number of hydrogen-bond donors (Lipinski definition) is 0. The molecule has 2 rings (SSSR count). The van der Waals surface area contributed by atoms with Crippen molar-refractivity contribution in [3.63, 3.8) is 0 Å². The number of benzene rings is 1. The molecule has 0 aliphatic rings. The van der Waals surface area contributed by atoms with E-state index in [1.807, 2.05) is 18.2 Å². The molecule has 0 aliphatic heterocycles. The Kier molecular flexibility index (Phi) is 8.03. The molecular weight excluding hydrogens is 310 g/mol. The zero-order valence-electron chi connectivity index (χ0n) is 16.1. The minimum atomic E-state index is -0.152. The molecule has 138 valence electrons. The molecule has 0 N–H and O–H groups in total. The number of carbonyl (C=O) groups is 1. The van der Waals surface area contributed by atoms with Crippen LogP contribution in [0.1, 0.15) is 77.4 Å². The standard InChI is InChI=1S/C22H33NO2/c1-4-7-13-19(21-17-18-12-10-11-14-20(18)25-21)22(24)23(15-8-5-2)16-9-6-3/h10-12,14,17,19H,4-9,13,15-16H2,1-3H3. The second kappa shape index (κ2) is 10.3. The summed E-state index contributed by atoms with van der Waals surface area (Å²) in [7, 11) is 0. The van der Waals surface area contributed by atoms with Gasteiger partial charge in [-0.1, -0.05) is 64.7 Å². The highest BCUT2D eigenvalue weighted by molar-refractivity contribution is 5.85. The molecule has 1 aromatic carbocycles. The fourth-order valence-electron chi connectivity index (χ4n) is 3.22. The Morgan fingerprint density at radius 3 is 2.24 bits per heavy atom. The number of furan rings is 1. The number of amides is 1. The maximum Gasteiger partial charge on any atom is 0.233 e. The van der Waals surface area contributed by atoms with Crippen LogP contribution in [0.5, 0.6) is 0 Å². The van der Waals surface area contributed by atoms with Crippen LogP contribution >= 0.6 is 0 Å². The van der Waals surface area contributed by atoms with Gasteiger partial charge in [0.15, 0.2) is 0 Å². The van der Waals surface area contributed by atoms with E-state index in [1.54, 1.807) is 0 Å². The number of fused-ring (bicyclic) bond motifs is 1. The lowest BCUT2D eigenvalue weighted by Gasteiger charge is -2.26. The van der Waals surface area contributed by atoms with Crippen LogP contribution < -0.4 is 0 Å². The fourth-order valence-corrected chi connectivity index (χ4v) is 3.22. The lowest BCUT2D eigenvalue weighted by molar-refractivity contribution is -0.133. The Morgan fingerprint density at radius 1 is 1.00 bits per heavy atom. The monoisotopic (exact) mass is 343 g/mol. The summed E-state index contributed by atoms with van der Waals surface area (Å²) in [6, 6.07) is 10.1. The zero-order chi connectivity index (χ0) is 18.1. The summed E-state index contributed by atoms with van der Waals surface area (Å²) < 4.78 is 6.06. The van der Waals surface area contributed by atoms with E-state index in [0.29, 0.717) is 0 Å². The van der Waals surface area contributed by atoms with Gasteiger partial charge in [0.1, 0.15) is 11.3 Å². The Morgan fingerprint density at radius 2 is 1.64 bits per heavy atom. The first kappa shape index (κ1) is 19.6. The molecule has 3 nitrogen and oxygen atoms in total. The molecule has 3 heteroatoms. The van der Waals surface area contributed by atoms with Crippen LogP contribution in [0, 0.1) is 0 Å². The smallest absolute Gasteiger partial charge is 0.233 e. The van der Waals surface area contributed by atoms with Gasteiger partial charge in [0.2, 0.25) is 5.91 Å². The zero-order valence-corrected chi connectivity index (χ0v) is 16.1. The topological polar surface area (TPSA) is 33.5 Å². The van der Waals surface area contributed by atoms with E-state index in [4.69, 9.17) is 4.42 Å². The van der Waals surface area contributed by atoms with Crippen molar-refractivity contribution in [2.45, 2.75) is 71.6 Å². The van der Waals surface area contributed by atoms with Gasteiger partial charge in [-0.2, -0.15) is 0 Å². The predicted molar refractivity (Wildman–Crippen MR) is 105 cm³/mol. The number of unbranched alkanes of at least 4 members (excludes halogenated alkanes) is 3.